The Morgan fingerprint density at radius 3 is 2.61 bits per heavy atom. The van der Waals surface area contributed by atoms with Crippen LogP contribution in [0, 0.1) is 0 Å². The molecule has 0 N–H and O–H groups in total. The third-order valence-electron chi connectivity index (χ3n) is 4.94. The summed E-state index contributed by atoms with van der Waals surface area (Å²) in [6, 6.07) is 13.2. The molecule has 1 saturated heterocycles. The number of hydrogen-bond acceptors (Lipinski definition) is 6. The number of Topliss-reactive ketones (excluding diaryl/α,β-unsaturated/α-hetero) is 1. The SMILES string of the molecule is CC(Sc1nnc(N2CCCCC2)n1Cc1ccco1)C(=O)c1ccccc1. The van der Waals surface area contributed by atoms with E-state index in [-0.39, 0.29) is 11.0 Å². The molecule has 7 heteroatoms. The second kappa shape index (κ2) is 8.65. The van der Waals surface area contributed by atoms with E-state index in [9.17, 15) is 4.79 Å². The maximum atomic E-state index is 12.8. The molecule has 0 radical (unpaired) electrons. The van der Waals surface area contributed by atoms with E-state index in [1.54, 1.807) is 6.26 Å². The zero-order chi connectivity index (χ0) is 19.3. The van der Waals surface area contributed by atoms with Crippen LogP contribution in [0.5, 0.6) is 0 Å². The number of benzene rings is 1. The normalized spacial score (nSPS) is 15.5. The van der Waals surface area contributed by atoms with Crippen molar-refractivity contribution >= 4 is 23.5 Å². The predicted molar refractivity (Wildman–Crippen MR) is 110 cm³/mol. The van der Waals surface area contributed by atoms with E-state index in [0.717, 1.165) is 35.5 Å². The van der Waals surface area contributed by atoms with Crippen molar-refractivity contribution in [1.29, 1.82) is 0 Å². The molecule has 0 amide bonds. The molecule has 146 valence electrons. The molecule has 1 aromatic carbocycles. The van der Waals surface area contributed by atoms with Crippen molar-refractivity contribution in [3.63, 3.8) is 0 Å². The Hall–Kier alpha value is -2.54. The van der Waals surface area contributed by atoms with Gasteiger partial charge in [0, 0.05) is 18.7 Å². The number of carbonyl (C=O) groups excluding carboxylic acids is 1. The van der Waals surface area contributed by atoms with Gasteiger partial charge in [-0.25, -0.2) is 0 Å². The lowest BCUT2D eigenvalue weighted by atomic mass is 10.1. The first-order valence-electron chi connectivity index (χ1n) is 9.69. The second-order valence-electron chi connectivity index (χ2n) is 6.99. The van der Waals surface area contributed by atoms with Crippen molar-refractivity contribution in [3.05, 3.63) is 60.1 Å². The highest BCUT2D eigenvalue weighted by Crippen LogP contribution is 2.29. The van der Waals surface area contributed by atoms with Crippen LogP contribution in [-0.2, 0) is 6.54 Å². The standard InChI is InChI=1S/C21H24N4O2S/c1-16(19(26)17-9-4-2-5-10-17)28-21-23-22-20(24-12-6-3-7-13-24)25(21)15-18-11-8-14-27-18/h2,4-5,8-11,14,16H,3,6-7,12-13,15H2,1H3. The average Bonchev–Trinajstić information content (AvgIpc) is 3.39. The molecule has 28 heavy (non-hydrogen) atoms. The Labute approximate surface area is 168 Å². The van der Waals surface area contributed by atoms with Gasteiger partial charge in [-0.05, 0) is 38.3 Å². The van der Waals surface area contributed by atoms with Crippen LogP contribution in [0.25, 0.3) is 0 Å². The summed E-state index contributed by atoms with van der Waals surface area (Å²) in [5, 5.41) is 9.39. The molecule has 0 spiro atoms. The van der Waals surface area contributed by atoms with Gasteiger partial charge in [0.25, 0.3) is 0 Å². The lowest BCUT2D eigenvalue weighted by Gasteiger charge is -2.27. The van der Waals surface area contributed by atoms with Gasteiger partial charge in [-0.15, -0.1) is 10.2 Å². The third kappa shape index (κ3) is 4.14. The number of ketones is 1. The summed E-state index contributed by atoms with van der Waals surface area (Å²) in [4.78, 5) is 15.1. The summed E-state index contributed by atoms with van der Waals surface area (Å²) in [5.74, 6) is 1.80. The van der Waals surface area contributed by atoms with Gasteiger partial charge in [-0.1, -0.05) is 42.1 Å². The zero-order valence-electron chi connectivity index (χ0n) is 16.0. The topological polar surface area (TPSA) is 64.2 Å². The van der Waals surface area contributed by atoms with Crippen molar-refractivity contribution in [2.75, 3.05) is 18.0 Å². The summed E-state index contributed by atoms with van der Waals surface area (Å²) in [6.45, 7) is 4.45. The van der Waals surface area contributed by atoms with Gasteiger partial charge in [0.15, 0.2) is 10.9 Å². The molecular formula is C21H24N4O2S. The van der Waals surface area contributed by atoms with Crippen molar-refractivity contribution in [1.82, 2.24) is 14.8 Å². The molecule has 6 nitrogen and oxygen atoms in total. The maximum Gasteiger partial charge on any atom is 0.228 e. The Morgan fingerprint density at radius 2 is 1.89 bits per heavy atom. The number of carbonyl (C=O) groups is 1. The van der Waals surface area contributed by atoms with Crippen molar-refractivity contribution < 1.29 is 9.21 Å². The van der Waals surface area contributed by atoms with Crippen molar-refractivity contribution in [2.45, 2.75) is 43.1 Å². The quantitative estimate of drug-likeness (QED) is 0.439. The highest BCUT2D eigenvalue weighted by molar-refractivity contribution is 8.00. The Kier molecular flexibility index (Phi) is 5.81. The lowest BCUT2D eigenvalue weighted by Crippen LogP contribution is -2.32. The van der Waals surface area contributed by atoms with E-state index in [2.05, 4.69) is 19.7 Å². The number of aromatic nitrogens is 3. The van der Waals surface area contributed by atoms with E-state index < -0.39 is 0 Å². The van der Waals surface area contributed by atoms with Gasteiger partial charge in [-0.2, -0.15) is 0 Å². The molecule has 3 heterocycles. The summed E-state index contributed by atoms with van der Waals surface area (Å²) in [7, 11) is 0. The number of piperidine rings is 1. The van der Waals surface area contributed by atoms with Crippen LogP contribution in [0.15, 0.2) is 58.3 Å². The van der Waals surface area contributed by atoms with E-state index >= 15 is 0 Å². The van der Waals surface area contributed by atoms with Crippen LogP contribution < -0.4 is 4.90 Å². The lowest BCUT2D eigenvalue weighted by molar-refractivity contribution is 0.0994. The molecule has 1 fully saturated rings. The van der Waals surface area contributed by atoms with Gasteiger partial charge < -0.3 is 9.32 Å². The molecule has 3 aromatic rings. The third-order valence-corrected chi connectivity index (χ3v) is 6.02. The van der Waals surface area contributed by atoms with Crippen molar-refractivity contribution in [3.8, 4) is 0 Å². The summed E-state index contributed by atoms with van der Waals surface area (Å²) >= 11 is 1.45. The predicted octanol–water partition coefficient (Wildman–Crippen LogP) is 4.27. The Bertz CT molecular complexity index is 902. The van der Waals surface area contributed by atoms with E-state index in [0.29, 0.717) is 6.54 Å². The highest BCUT2D eigenvalue weighted by atomic mass is 32.2. The van der Waals surface area contributed by atoms with Crippen LogP contribution in [-0.4, -0.2) is 38.9 Å². The monoisotopic (exact) mass is 396 g/mol. The van der Waals surface area contributed by atoms with E-state index in [1.807, 2.05) is 49.4 Å². The fraction of sp³-hybridized carbons (Fsp3) is 0.381. The smallest absolute Gasteiger partial charge is 0.228 e. The summed E-state index contributed by atoms with van der Waals surface area (Å²) in [5.41, 5.74) is 0.718. The number of anilines is 1. The summed E-state index contributed by atoms with van der Waals surface area (Å²) < 4.78 is 7.63. The number of hydrogen-bond donors (Lipinski definition) is 0. The van der Waals surface area contributed by atoms with E-state index in [1.165, 1.54) is 31.0 Å². The maximum absolute atomic E-state index is 12.8. The first-order chi connectivity index (χ1) is 13.7. The highest BCUT2D eigenvalue weighted by Gasteiger charge is 2.24. The largest absolute Gasteiger partial charge is 0.467 e. The molecule has 0 aliphatic carbocycles. The van der Waals surface area contributed by atoms with Crippen molar-refractivity contribution in [2.24, 2.45) is 0 Å². The minimum atomic E-state index is -0.254. The number of nitrogens with zero attached hydrogens (tertiary/aromatic N) is 4. The first kappa shape index (κ1) is 18.8. The molecule has 1 atom stereocenters. The van der Waals surface area contributed by atoms with Crippen LogP contribution in [0.2, 0.25) is 0 Å². The first-order valence-corrected chi connectivity index (χ1v) is 10.6. The number of furan rings is 1. The minimum Gasteiger partial charge on any atom is -0.467 e. The van der Waals surface area contributed by atoms with Gasteiger partial charge in [-0.3, -0.25) is 9.36 Å². The Balaban J connectivity index is 1.58. The fourth-order valence-electron chi connectivity index (χ4n) is 3.44. The second-order valence-corrected chi connectivity index (χ2v) is 8.29. The fourth-order valence-corrected chi connectivity index (χ4v) is 4.36. The molecule has 1 aliphatic rings. The molecule has 0 saturated carbocycles. The molecule has 4 rings (SSSR count). The molecule has 1 aliphatic heterocycles. The van der Waals surface area contributed by atoms with E-state index in [4.69, 9.17) is 4.42 Å². The molecule has 1 unspecified atom stereocenters. The minimum absolute atomic E-state index is 0.0951. The van der Waals surface area contributed by atoms with Gasteiger partial charge in [0.05, 0.1) is 18.1 Å². The number of rotatable bonds is 7. The zero-order valence-corrected chi connectivity index (χ0v) is 16.8. The van der Waals surface area contributed by atoms with Crippen LogP contribution in [0.3, 0.4) is 0 Å². The van der Waals surface area contributed by atoms with Crippen LogP contribution in [0.1, 0.15) is 42.3 Å². The van der Waals surface area contributed by atoms with Crippen LogP contribution >= 0.6 is 11.8 Å². The van der Waals surface area contributed by atoms with Gasteiger partial charge in [0.2, 0.25) is 5.95 Å². The van der Waals surface area contributed by atoms with Gasteiger partial charge >= 0.3 is 0 Å². The summed E-state index contributed by atoms with van der Waals surface area (Å²) in [6.07, 6.45) is 5.26. The molecule has 2 aromatic heterocycles. The molecular weight excluding hydrogens is 372 g/mol. The van der Waals surface area contributed by atoms with Crippen LogP contribution in [0.4, 0.5) is 5.95 Å². The number of thioether (sulfide) groups is 1. The van der Waals surface area contributed by atoms with Gasteiger partial charge in [0.1, 0.15) is 5.76 Å². The Morgan fingerprint density at radius 1 is 1.11 bits per heavy atom. The average molecular weight is 397 g/mol. The molecule has 0 bridgehead atoms.